The third kappa shape index (κ3) is 5.71. The number of nitrogens with one attached hydrogen (secondary N) is 1. The summed E-state index contributed by atoms with van der Waals surface area (Å²) in [5, 5.41) is 3.20. The van der Waals surface area contributed by atoms with Gasteiger partial charge in [-0.3, -0.25) is 4.79 Å². The fourth-order valence-corrected chi connectivity index (χ4v) is 4.68. The van der Waals surface area contributed by atoms with Gasteiger partial charge >= 0.3 is 0 Å². The van der Waals surface area contributed by atoms with Crippen LogP contribution in [0.2, 0.25) is 0 Å². The van der Waals surface area contributed by atoms with E-state index in [1.807, 2.05) is 49.4 Å². The van der Waals surface area contributed by atoms with Crippen LogP contribution in [-0.2, 0) is 5.75 Å². The van der Waals surface area contributed by atoms with Gasteiger partial charge in [-0.25, -0.2) is 0 Å². The highest BCUT2D eigenvalue weighted by atomic mass is 32.2. The summed E-state index contributed by atoms with van der Waals surface area (Å²) in [5.41, 5.74) is 5.34. The summed E-state index contributed by atoms with van der Waals surface area (Å²) in [6, 6.07) is 22.3. The quantitative estimate of drug-likeness (QED) is 0.392. The number of methoxy groups -OCH3 is 1. The Morgan fingerprint density at radius 2 is 1.65 bits per heavy atom. The smallest absolute Gasteiger partial charge is 0.252 e. The van der Waals surface area contributed by atoms with Crippen molar-refractivity contribution in [2.24, 2.45) is 0 Å². The SMILES string of the molecule is COc1cc(C)c([C@H](C)NC(=O)c2ccccc2SCc2ccccc2)cc1C(C)C. The molecule has 0 radical (unpaired) electrons. The number of amides is 1. The Bertz CT molecular complexity index is 1030. The Kier molecular flexibility index (Phi) is 7.80. The van der Waals surface area contributed by atoms with E-state index in [1.54, 1.807) is 18.9 Å². The minimum atomic E-state index is -0.108. The van der Waals surface area contributed by atoms with Gasteiger partial charge in [0.25, 0.3) is 5.91 Å². The van der Waals surface area contributed by atoms with Crippen molar-refractivity contribution in [3.05, 3.63) is 94.5 Å². The van der Waals surface area contributed by atoms with E-state index in [0.29, 0.717) is 11.5 Å². The molecular weight excluding hydrogens is 402 g/mol. The number of rotatable bonds is 8. The van der Waals surface area contributed by atoms with E-state index in [-0.39, 0.29) is 11.9 Å². The number of benzene rings is 3. The number of carbonyl (C=O) groups excluding carboxylic acids is 1. The minimum Gasteiger partial charge on any atom is -0.496 e. The largest absolute Gasteiger partial charge is 0.496 e. The van der Waals surface area contributed by atoms with Crippen LogP contribution >= 0.6 is 11.8 Å². The fraction of sp³-hybridized carbons (Fsp3) is 0.296. The molecule has 1 atom stereocenters. The van der Waals surface area contributed by atoms with E-state index in [1.165, 1.54) is 5.56 Å². The van der Waals surface area contributed by atoms with Gasteiger partial charge in [0.2, 0.25) is 0 Å². The van der Waals surface area contributed by atoms with Gasteiger partial charge in [0.05, 0.1) is 18.7 Å². The normalized spacial score (nSPS) is 11.9. The lowest BCUT2D eigenvalue weighted by atomic mass is 9.93. The van der Waals surface area contributed by atoms with E-state index in [4.69, 9.17) is 4.74 Å². The number of aryl methyl sites for hydroxylation is 1. The maximum Gasteiger partial charge on any atom is 0.252 e. The molecule has 3 nitrogen and oxygen atoms in total. The summed E-state index contributed by atoms with van der Waals surface area (Å²) in [4.78, 5) is 14.2. The molecule has 0 aliphatic rings. The first-order valence-corrected chi connectivity index (χ1v) is 11.6. The molecule has 1 N–H and O–H groups in total. The molecule has 0 spiro atoms. The van der Waals surface area contributed by atoms with Crippen LogP contribution in [0.1, 0.15) is 65.3 Å². The molecule has 0 heterocycles. The topological polar surface area (TPSA) is 38.3 Å². The van der Waals surface area contributed by atoms with Crippen LogP contribution in [0, 0.1) is 6.92 Å². The van der Waals surface area contributed by atoms with Crippen LogP contribution in [0.4, 0.5) is 0 Å². The van der Waals surface area contributed by atoms with Gasteiger partial charge in [0.1, 0.15) is 5.75 Å². The summed E-state index contributed by atoms with van der Waals surface area (Å²) in [7, 11) is 1.70. The van der Waals surface area contributed by atoms with Gasteiger partial charge in [0, 0.05) is 10.6 Å². The molecule has 0 saturated heterocycles. The second kappa shape index (κ2) is 10.5. The summed E-state index contributed by atoms with van der Waals surface area (Å²) in [6.07, 6.45) is 0. The molecule has 3 aromatic carbocycles. The van der Waals surface area contributed by atoms with Crippen molar-refractivity contribution in [2.45, 2.75) is 50.3 Å². The van der Waals surface area contributed by atoms with Gasteiger partial charge in [0.15, 0.2) is 0 Å². The van der Waals surface area contributed by atoms with Crippen molar-refractivity contribution in [3.63, 3.8) is 0 Å². The Morgan fingerprint density at radius 3 is 2.32 bits per heavy atom. The first kappa shape index (κ1) is 23.0. The van der Waals surface area contributed by atoms with E-state index >= 15 is 0 Å². The van der Waals surface area contributed by atoms with E-state index in [2.05, 4.69) is 50.4 Å². The van der Waals surface area contributed by atoms with Crippen molar-refractivity contribution in [1.29, 1.82) is 0 Å². The molecule has 0 fully saturated rings. The summed E-state index contributed by atoms with van der Waals surface area (Å²) in [6.45, 7) is 8.41. The Hall–Kier alpha value is -2.72. The van der Waals surface area contributed by atoms with Gasteiger partial charge in [-0.05, 0) is 66.3 Å². The summed E-state index contributed by atoms with van der Waals surface area (Å²) >= 11 is 1.69. The Balaban J connectivity index is 1.78. The van der Waals surface area contributed by atoms with Crippen LogP contribution in [0.15, 0.2) is 71.6 Å². The third-order valence-electron chi connectivity index (χ3n) is 5.42. The lowest BCUT2D eigenvalue weighted by Gasteiger charge is -2.21. The van der Waals surface area contributed by atoms with Crippen LogP contribution in [-0.4, -0.2) is 13.0 Å². The van der Waals surface area contributed by atoms with Crippen LogP contribution in [0.5, 0.6) is 5.75 Å². The minimum absolute atomic E-state index is 0.0509. The van der Waals surface area contributed by atoms with Crippen LogP contribution in [0.25, 0.3) is 0 Å². The predicted octanol–water partition coefficient (Wildman–Crippen LogP) is 6.91. The van der Waals surface area contributed by atoms with Crippen molar-refractivity contribution in [2.75, 3.05) is 7.11 Å². The second-order valence-electron chi connectivity index (χ2n) is 8.07. The van der Waals surface area contributed by atoms with Gasteiger partial charge in [-0.15, -0.1) is 11.8 Å². The zero-order valence-corrected chi connectivity index (χ0v) is 19.8. The number of hydrogen-bond acceptors (Lipinski definition) is 3. The number of ether oxygens (including phenoxy) is 1. The average Bonchev–Trinajstić information content (AvgIpc) is 2.77. The Morgan fingerprint density at radius 1 is 0.968 bits per heavy atom. The van der Waals surface area contributed by atoms with Crippen LogP contribution < -0.4 is 10.1 Å². The Labute approximate surface area is 190 Å². The predicted molar refractivity (Wildman–Crippen MR) is 130 cm³/mol. The number of hydrogen-bond donors (Lipinski definition) is 1. The molecule has 0 aliphatic heterocycles. The molecule has 162 valence electrons. The monoisotopic (exact) mass is 433 g/mol. The molecule has 0 saturated carbocycles. The molecule has 1 amide bonds. The fourth-order valence-electron chi connectivity index (χ4n) is 3.68. The molecule has 4 heteroatoms. The zero-order valence-electron chi connectivity index (χ0n) is 18.9. The molecule has 0 unspecified atom stereocenters. The molecule has 3 rings (SSSR count). The first-order valence-electron chi connectivity index (χ1n) is 10.7. The highest BCUT2D eigenvalue weighted by Crippen LogP contribution is 2.32. The highest BCUT2D eigenvalue weighted by Gasteiger charge is 2.19. The lowest BCUT2D eigenvalue weighted by Crippen LogP contribution is -2.27. The van der Waals surface area contributed by atoms with Crippen LogP contribution in [0.3, 0.4) is 0 Å². The summed E-state index contributed by atoms with van der Waals surface area (Å²) < 4.78 is 5.56. The zero-order chi connectivity index (χ0) is 22.4. The van der Waals surface area contributed by atoms with Gasteiger partial charge in [-0.1, -0.05) is 56.3 Å². The average molecular weight is 434 g/mol. The van der Waals surface area contributed by atoms with Crippen molar-refractivity contribution >= 4 is 17.7 Å². The standard InChI is InChI=1S/C27H31NO2S/c1-18(2)23-16-24(19(3)15-25(23)30-5)20(4)28-27(29)22-13-9-10-14-26(22)31-17-21-11-7-6-8-12-21/h6-16,18,20H,17H2,1-5H3,(H,28,29)/t20-/m0/s1. The van der Waals surface area contributed by atoms with E-state index in [0.717, 1.165) is 33.1 Å². The third-order valence-corrected chi connectivity index (χ3v) is 6.57. The maximum absolute atomic E-state index is 13.2. The van der Waals surface area contributed by atoms with E-state index < -0.39 is 0 Å². The molecular formula is C27H31NO2S. The molecule has 0 bridgehead atoms. The maximum atomic E-state index is 13.2. The van der Waals surface area contributed by atoms with Gasteiger partial charge < -0.3 is 10.1 Å². The first-order chi connectivity index (χ1) is 14.9. The van der Waals surface area contributed by atoms with Crippen molar-refractivity contribution in [1.82, 2.24) is 5.32 Å². The molecule has 0 aliphatic carbocycles. The summed E-state index contributed by atoms with van der Waals surface area (Å²) in [5.74, 6) is 2.02. The van der Waals surface area contributed by atoms with Crippen molar-refractivity contribution in [3.8, 4) is 5.75 Å². The number of carbonyl (C=O) groups is 1. The lowest BCUT2D eigenvalue weighted by molar-refractivity contribution is 0.0937. The number of thioether (sulfide) groups is 1. The van der Waals surface area contributed by atoms with E-state index in [9.17, 15) is 4.79 Å². The molecule has 31 heavy (non-hydrogen) atoms. The van der Waals surface area contributed by atoms with Crippen molar-refractivity contribution < 1.29 is 9.53 Å². The highest BCUT2D eigenvalue weighted by molar-refractivity contribution is 7.98. The molecule has 3 aromatic rings. The second-order valence-corrected chi connectivity index (χ2v) is 9.09. The van der Waals surface area contributed by atoms with Gasteiger partial charge in [-0.2, -0.15) is 0 Å². The molecule has 0 aromatic heterocycles.